The van der Waals surface area contributed by atoms with Crippen LogP contribution in [0.1, 0.15) is 65.2 Å². The minimum atomic E-state index is 0. The second-order valence-corrected chi connectivity index (χ2v) is 4.68. The molecule has 1 nitrogen and oxygen atoms in total. The van der Waals surface area contributed by atoms with Crippen LogP contribution in [0.25, 0.3) is 0 Å². The van der Waals surface area contributed by atoms with E-state index in [1.807, 2.05) is 0 Å². The molecule has 1 fully saturated rings. The summed E-state index contributed by atoms with van der Waals surface area (Å²) in [5.41, 5.74) is 0. The topological polar surface area (TPSA) is 3.24 Å². The molecule has 1 saturated heterocycles. The molecule has 0 radical (unpaired) electrons. The largest absolute Gasteiger partial charge is 0.300 e. The Labute approximate surface area is 94.6 Å². The fourth-order valence-electron chi connectivity index (χ4n) is 2.48. The first-order chi connectivity index (χ1) is 6.88. The van der Waals surface area contributed by atoms with Crippen LogP contribution < -0.4 is 0 Å². The Balaban J connectivity index is 0.00000196. The molecule has 2 heteroatoms. The molecule has 0 bridgehead atoms. The molecule has 0 saturated carbocycles. The summed E-state index contributed by atoms with van der Waals surface area (Å²) >= 11 is 0. The number of rotatable bonds is 6. The Hall–Kier alpha value is -0.110. The van der Waals surface area contributed by atoms with Gasteiger partial charge in [0.2, 0.25) is 0 Å². The van der Waals surface area contributed by atoms with Crippen LogP contribution in [0.5, 0.6) is 0 Å². The van der Waals surface area contributed by atoms with Gasteiger partial charge in [-0.2, -0.15) is 0 Å². The van der Waals surface area contributed by atoms with Gasteiger partial charge in [-0.15, -0.1) is 0 Å². The fraction of sp³-hybridized carbons (Fsp3) is 1.00. The average Bonchev–Trinajstić information content (AvgIpc) is 2.24. The Kier molecular flexibility index (Phi) is 9.07. The highest BCUT2D eigenvalue weighted by Crippen LogP contribution is 2.21. The summed E-state index contributed by atoms with van der Waals surface area (Å²) in [5.74, 6) is 0. The second-order valence-electron chi connectivity index (χ2n) is 4.68. The fourth-order valence-corrected chi connectivity index (χ4v) is 2.48. The van der Waals surface area contributed by atoms with Crippen molar-refractivity contribution in [2.24, 2.45) is 0 Å². The van der Waals surface area contributed by atoms with Crippen molar-refractivity contribution in [2.75, 3.05) is 13.1 Å². The third-order valence-electron chi connectivity index (χ3n) is 3.44. The number of hydrogen-bond donors (Lipinski definition) is 0. The van der Waals surface area contributed by atoms with Gasteiger partial charge in [-0.3, -0.25) is 4.70 Å². The van der Waals surface area contributed by atoms with Gasteiger partial charge in [0.15, 0.2) is 0 Å². The van der Waals surface area contributed by atoms with Crippen LogP contribution in [0.4, 0.5) is 4.70 Å². The molecule has 1 atom stereocenters. The number of unbranched alkanes of at least 4 members (excludes halogenated alkanes) is 2. The molecule has 15 heavy (non-hydrogen) atoms. The van der Waals surface area contributed by atoms with E-state index in [0.717, 1.165) is 6.04 Å². The van der Waals surface area contributed by atoms with Crippen molar-refractivity contribution < 1.29 is 4.70 Å². The molecule has 0 aromatic carbocycles. The molecule has 1 unspecified atom stereocenters. The minimum absolute atomic E-state index is 0. The first-order valence-corrected chi connectivity index (χ1v) is 6.62. The first-order valence-electron chi connectivity index (χ1n) is 6.62. The van der Waals surface area contributed by atoms with Gasteiger partial charge < -0.3 is 4.90 Å². The zero-order valence-corrected chi connectivity index (χ0v) is 10.5. The summed E-state index contributed by atoms with van der Waals surface area (Å²) < 4.78 is 0. The van der Waals surface area contributed by atoms with Crippen LogP contribution >= 0.6 is 0 Å². The maximum Gasteiger partial charge on any atom is 0.00952 e. The van der Waals surface area contributed by atoms with E-state index in [4.69, 9.17) is 0 Å². The Bertz CT molecular complexity index is 122. The lowest BCUT2D eigenvalue weighted by Crippen LogP contribution is -2.39. The molecule has 1 aliphatic heterocycles. The van der Waals surface area contributed by atoms with Crippen molar-refractivity contribution in [3.63, 3.8) is 0 Å². The smallest absolute Gasteiger partial charge is 0.00952 e. The molecular weight excluding hydrogens is 189 g/mol. The second kappa shape index (κ2) is 9.14. The highest BCUT2D eigenvalue weighted by molar-refractivity contribution is 4.76. The highest BCUT2D eigenvalue weighted by atomic mass is 19.0. The number of hydrogen-bond acceptors (Lipinski definition) is 1. The molecule has 0 aliphatic carbocycles. The predicted molar refractivity (Wildman–Crippen MR) is 66.1 cm³/mol. The number of piperidine rings is 1. The normalized spacial score (nSPS) is 22.4. The zero-order valence-electron chi connectivity index (χ0n) is 10.5. The van der Waals surface area contributed by atoms with Gasteiger partial charge in [0, 0.05) is 6.04 Å². The Morgan fingerprint density at radius 2 is 1.80 bits per heavy atom. The van der Waals surface area contributed by atoms with Gasteiger partial charge in [0.25, 0.3) is 0 Å². The molecular formula is C13H28FN. The summed E-state index contributed by atoms with van der Waals surface area (Å²) in [5, 5.41) is 0. The third kappa shape index (κ3) is 5.50. The molecule has 0 aromatic heterocycles. The van der Waals surface area contributed by atoms with Gasteiger partial charge in [-0.1, -0.05) is 39.5 Å². The van der Waals surface area contributed by atoms with E-state index in [1.165, 1.54) is 64.5 Å². The van der Waals surface area contributed by atoms with Crippen molar-refractivity contribution >= 4 is 0 Å². The van der Waals surface area contributed by atoms with E-state index >= 15 is 0 Å². The Morgan fingerprint density at radius 1 is 1.07 bits per heavy atom. The van der Waals surface area contributed by atoms with Crippen LogP contribution in [-0.4, -0.2) is 24.0 Å². The number of likely N-dealkylation sites (tertiary alicyclic amines) is 1. The summed E-state index contributed by atoms with van der Waals surface area (Å²) in [6.07, 6.45) is 11.3. The summed E-state index contributed by atoms with van der Waals surface area (Å²) in [6, 6.07) is 0.926. The molecule has 1 aliphatic rings. The third-order valence-corrected chi connectivity index (χ3v) is 3.44. The van der Waals surface area contributed by atoms with E-state index in [-0.39, 0.29) is 4.70 Å². The molecule has 0 amide bonds. The maximum absolute atomic E-state index is 2.75. The van der Waals surface area contributed by atoms with E-state index < -0.39 is 0 Å². The van der Waals surface area contributed by atoms with Gasteiger partial charge in [0.05, 0.1) is 0 Å². The maximum atomic E-state index is 2.75. The molecule has 0 spiro atoms. The molecule has 0 aromatic rings. The summed E-state index contributed by atoms with van der Waals surface area (Å²) in [6.45, 7) is 7.32. The molecule has 1 rings (SSSR count). The first kappa shape index (κ1) is 14.9. The average molecular weight is 217 g/mol. The lowest BCUT2D eigenvalue weighted by Gasteiger charge is -2.35. The van der Waals surface area contributed by atoms with Gasteiger partial charge in [-0.05, 0) is 38.8 Å². The number of nitrogens with zero attached hydrogens (tertiary/aromatic N) is 1. The predicted octanol–water partition coefficient (Wildman–Crippen LogP) is 3.98. The monoisotopic (exact) mass is 217 g/mol. The van der Waals surface area contributed by atoms with E-state index in [1.54, 1.807) is 0 Å². The lowest BCUT2D eigenvalue weighted by atomic mass is 9.97. The van der Waals surface area contributed by atoms with Crippen LogP contribution in [0.15, 0.2) is 0 Å². The van der Waals surface area contributed by atoms with E-state index in [9.17, 15) is 0 Å². The lowest BCUT2D eigenvalue weighted by molar-refractivity contribution is 0.136. The van der Waals surface area contributed by atoms with E-state index in [2.05, 4.69) is 18.7 Å². The Morgan fingerprint density at radius 3 is 2.47 bits per heavy atom. The van der Waals surface area contributed by atoms with Crippen molar-refractivity contribution in [3.05, 3.63) is 0 Å². The van der Waals surface area contributed by atoms with Crippen molar-refractivity contribution in [1.29, 1.82) is 0 Å². The highest BCUT2D eigenvalue weighted by Gasteiger charge is 2.20. The van der Waals surface area contributed by atoms with Crippen LogP contribution in [0, 0.1) is 0 Å². The van der Waals surface area contributed by atoms with E-state index in [0.29, 0.717) is 0 Å². The van der Waals surface area contributed by atoms with Gasteiger partial charge in [0.1, 0.15) is 0 Å². The molecule has 1 heterocycles. The molecule has 92 valence electrons. The van der Waals surface area contributed by atoms with Crippen molar-refractivity contribution in [1.82, 2.24) is 4.90 Å². The van der Waals surface area contributed by atoms with Crippen LogP contribution in [-0.2, 0) is 0 Å². The summed E-state index contributed by atoms with van der Waals surface area (Å²) in [4.78, 5) is 2.75. The SMILES string of the molecule is CCCCC1CCCCN1CCCC.F. The van der Waals surface area contributed by atoms with Crippen LogP contribution in [0.2, 0.25) is 0 Å². The zero-order chi connectivity index (χ0) is 10.2. The van der Waals surface area contributed by atoms with Crippen LogP contribution in [0.3, 0.4) is 0 Å². The molecule has 0 N–H and O–H groups in total. The minimum Gasteiger partial charge on any atom is -0.300 e. The quantitative estimate of drug-likeness (QED) is 0.650. The standard InChI is InChI=1S/C13H27N.FH/c1-3-5-9-13-10-7-8-12-14(13)11-6-4-2;/h13H,3-12H2,1-2H3;1H. The number of halogens is 1. The van der Waals surface area contributed by atoms with Crippen molar-refractivity contribution in [2.45, 2.75) is 71.3 Å². The summed E-state index contributed by atoms with van der Waals surface area (Å²) in [7, 11) is 0. The van der Waals surface area contributed by atoms with Gasteiger partial charge >= 0.3 is 0 Å². The van der Waals surface area contributed by atoms with Gasteiger partial charge in [-0.25, -0.2) is 0 Å². The van der Waals surface area contributed by atoms with Crippen molar-refractivity contribution in [3.8, 4) is 0 Å².